The molecule has 23 heavy (non-hydrogen) atoms. The molecule has 0 fully saturated rings. The van der Waals surface area contributed by atoms with Crippen LogP contribution in [0.15, 0.2) is 0 Å². The summed E-state index contributed by atoms with van der Waals surface area (Å²) in [5.41, 5.74) is 0. The number of carbonyl (C=O) groups excluding carboxylic acids is 6. The molecule has 0 bridgehead atoms. The molecule has 0 saturated heterocycles. The maximum absolute atomic E-state index is 10.7. The van der Waals surface area contributed by atoms with E-state index in [4.69, 9.17) is 0 Å². The van der Waals surface area contributed by atoms with Crippen LogP contribution in [0.25, 0.3) is 0 Å². The predicted octanol–water partition coefficient (Wildman–Crippen LogP) is -0.664. The van der Waals surface area contributed by atoms with Crippen LogP contribution in [0.5, 0.6) is 0 Å². The molecule has 8 nitrogen and oxygen atoms in total. The van der Waals surface area contributed by atoms with Crippen molar-refractivity contribution in [2.75, 3.05) is 0 Å². The Morgan fingerprint density at radius 3 is 0.739 bits per heavy atom. The fraction of sp³-hybridized carbons (Fsp3) is 0.571. The number of nitrogens with one attached hydrogen (secondary N) is 2. The van der Waals surface area contributed by atoms with E-state index < -0.39 is 12.1 Å². The Bertz CT molecular complexity index is 418. The predicted molar refractivity (Wildman–Crippen MR) is 77.9 cm³/mol. The van der Waals surface area contributed by atoms with E-state index in [-0.39, 0.29) is 52.0 Å². The van der Waals surface area contributed by atoms with Crippen molar-refractivity contribution >= 4 is 34.9 Å². The molecule has 0 spiro atoms. The van der Waals surface area contributed by atoms with Crippen molar-refractivity contribution in [1.29, 1.82) is 0 Å². The van der Waals surface area contributed by atoms with Gasteiger partial charge < -0.3 is 10.6 Å². The van der Waals surface area contributed by atoms with Crippen molar-refractivity contribution in [1.82, 2.24) is 10.6 Å². The van der Waals surface area contributed by atoms with Gasteiger partial charge in [0.15, 0.2) is 23.1 Å². The Morgan fingerprint density at radius 2 is 0.696 bits per heavy atom. The molecule has 0 saturated carbocycles. The Balaban J connectivity index is -0.000000333. The van der Waals surface area contributed by atoms with Crippen LogP contribution in [0.1, 0.15) is 41.5 Å². The van der Waals surface area contributed by atoms with Crippen molar-refractivity contribution in [3.63, 3.8) is 0 Å². The van der Waals surface area contributed by atoms with Crippen LogP contribution in [0, 0.1) is 0 Å². The quantitative estimate of drug-likeness (QED) is 0.467. The van der Waals surface area contributed by atoms with Gasteiger partial charge in [-0.05, 0) is 27.7 Å². The third-order valence-corrected chi connectivity index (χ3v) is 2.32. The van der Waals surface area contributed by atoms with Gasteiger partial charge in [0.05, 0.1) is 0 Å². The SMILES string of the molecule is CC(=O)NC(C(C)=O)C(C)=O.CC(=O)NC(C(C)=O)C(C)=O.[Cu]. The number of carbonyl (C=O) groups is 6. The summed E-state index contributed by atoms with van der Waals surface area (Å²) in [7, 11) is 0. The average molecular weight is 378 g/mol. The van der Waals surface area contributed by atoms with Crippen LogP contribution in [0.2, 0.25) is 0 Å². The van der Waals surface area contributed by atoms with Gasteiger partial charge >= 0.3 is 0 Å². The summed E-state index contributed by atoms with van der Waals surface area (Å²) in [6.45, 7) is 7.59. The van der Waals surface area contributed by atoms with Gasteiger partial charge in [0, 0.05) is 30.9 Å². The van der Waals surface area contributed by atoms with Crippen LogP contribution in [-0.2, 0) is 45.8 Å². The van der Waals surface area contributed by atoms with Gasteiger partial charge in [0.1, 0.15) is 12.1 Å². The van der Waals surface area contributed by atoms with Crippen LogP contribution in [0.4, 0.5) is 0 Å². The van der Waals surface area contributed by atoms with Crippen molar-refractivity contribution in [2.45, 2.75) is 53.6 Å². The number of amides is 2. The van der Waals surface area contributed by atoms with Gasteiger partial charge in [-0.3, -0.25) is 28.8 Å². The zero-order chi connectivity index (χ0) is 18.0. The van der Waals surface area contributed by atoms with E-state index in [9.17, 15) is 28.8 Å². The van der Waals surface area contributed by atoms with Gasteiger partial charge in [-0.25, -0.2) is 0 Å². The molecule has 135 valence electrons. The zero-order valence-corrected chi connectivity index (χ0v) is 14.8. The molecule has 2 amide bonds. The summed E-state index contributed by atoms with van der Waals surface area (Å²) < 4.78 is 0. The number of rotatable bonds is 6. The summed E-state index contributed by atoms with van der Waals surface area (Å²) in [6.07, 6.45) is 0. The van der Waals surface area contributed by atoms with Crippen molar-refractivity contribution in [3.05, 3.63) is 0 Å². The number of hydrogen-bond donors (Lipinski definition) is 2. The maximum Gasteiger partial charge on any atom is 0.217 e. The molecule has 0 aliphatic carbocycles. The van der Waals surface area contributed by atoms with Gasteiger partial charge in [-0.1, -0.05) is 0 Å². The maximum atomic E-state index is 10.7. The van der Waals surface area contributed by atoms with Crippen LogP contribution < -0.4 is 10.6 Å². The summed E-state index contributed by atoms with van der Waals surface area (Å²) in [5.74, 6) is -2.11. The second-order valence-electron chi connectivity index (χ2n) is 4.71. The minimum Gasteiger partial charge on any atom is -0.340 e. The molecule has 0 aromatic rings. The zero-order valence-electron chi connectivity index (χ0n) is 13.9. The van der Waals surface area contributed by atoms with E-state index in [0.717, 1.165) is 0 Å². The molecule has 0 unspecified atom stereocenters. The van der Waals surface area contributed by atoms with E-state index in [1.807, 2.05) is 0 Å². The van der Waals surface area contributed by atoms with Crippen LogP contribution in [-0.4, -0.2) is 47.0 Å². The second-order valence-corrected chi connectivity index (χ2v) is 4.71. The fourth-order valence-electron chi connectivity index (χ4n) is 1.39. The van der Waals surface area contributed by atoms with E-state index in [1.54, 1.807) is 0 Å². The van der Waals surface area contributed by atoms with E-state index in [1.165, 1.54) is 41.5 Å². The molecule has 0 aliphatic rings. The Morgan fingerprint density at radius 1 is 0.522 bits per heavy atom. The molecule has 2 N–H and O–H groups in total. The van der Waals surface area contributed by atoms with E-state index >= 15 is 0 Å². The van der Waals surface area contributed by atoms with Gasteiger partial charge in [-0.2, -0.15) is 0 Å². The largest absolute Gasteiger partial charge is 0.340 e. The first-order chi connectivity index (χ1) is 9.89. The van der Waals surface area contributed by atoms with Gasteiger partial charge in [-0.15, -0.1) is 0 Å². The molecule has 0 heterocycles. The molecular weight excluding hydrogens is 356 g/mol. The summed E-state index contributed by atoms with van der Waals surface area (Å²) in [6, 6.07) is -1.93. The van der Waals surface area contributed by atoms with Crippen molar-refractivity contribution < 1.29 is 45.8 Å². The van der Waals surface area contributed by atoms with Gasteiger partial charge in [0.25, 0.3) is 0 Å². The molecule has 0 rings (SSSR count). The summed E-state index contributed by atoms with van der Waals surface area (Å²) in [4.78, 5) is 63.6. The third-order valence-electron chi connectivity index (χ3n) is 2.32. The van der Waals surface area contributed by atoms with E-state index in [0.29, 0.717) is 0 Å². The first-order valence-electron chi connectivity index (χ1n) is 6.46. The smallest absolute Gasteiger partial charge is 0.217 e. The second kappa shape index (κ2) is 12.7. The first kappa shape index (κ1) is 26.1. The molecule has 9 heteroatoms. The van der Waals surface area contributed by atoms with Gasteiger partial charge in [0.2, 0.25) is 11.8 Å². The van der Waals surface area contributed by atoms with Crippen molar-refractivity contribution in [3.8, 4) is 0 Å². The Labute approximate surface area is 145 Å². The Kier molecular flexibility index (Phi) is 14.3. The molecule has 0 aromatic carbocycles. The molecule has 1 radical (unpaired) electrons. The molecular formula is C14H22CuN2O6. The standard InChI is InChI=1S/2C7H11NO3.Cu/c2*1-4(9)7(5(2)10)8-6(3)11;/h2*7H,1-3H3,(H,8,11);. The number of ketones is 4. The topological polar surface area (TPSA) is 126 Å². The fourth-order valence-corrected chi connectivity index (χ4v) is 1.39. The monoisotopic (exact) mass is 377 g/mol. The van der Waals surface area contributed by atoms with Crippen LogP contribution in [0.3, 0.4) is 0 Å². The number of Topliss-reactive ketones (excluding diaryl/α,β-unsaturated/α-hetero) is 4. The summed E-state index contributed by atoms with van der Waals surface area (Å²) >= 11 is 0. The first-order valence-corrected chi connectivity index (χ1v) is 6.46. The van der Waals surface area contributed by atoms with Crippen molar-refractivity contribution in [2.24, 2.45) is 0 Å². The average Bonchev–Trinajstić information content (AvgIpc) is 2.32. The molecule has 0 atom stereocenters. The third kappa shape index (κ3) is 13.5. The summed E-state index contributed by atoms with van der Waals surface area (Å²) in [5, 5.41) is 4.48. The van der Waals surface area contributed by atoms with Crippen LogP contribution >= 0.6 is 0 Å². The molecule has 0 aromatic heterocycles. The number of hydrogen-bond acceptors (Lipinski definition) is 6. The molecule has 0 aliphatic heterocycles. The van der Waals surface area contributed by atoms with E-state index in [2.05, 4.69) is 10.6 Å². The normalized spacial score (nSPS) is 9.04. The minimum atomic E-state index is -0.965. The minimum absolute atomic E-state index is 0. The Hall–Kier alpha value is -1.86.